The number of nitrogens with zero attached hydrogens (tertiary/aromatic N) is 1. The first kappa shape index (κ1) is 17.1. The second-order valence-corrected chi connectivity index (χ2v) is 6.48. The third kappa shape index (κ3) is 4.89. The number of hydrogen-bond donors (Lipinski definition) is 2. The molecule has 3 rings (SSSR count). The fraction of sp³-hybridized carbons (Fsp3) is 0.350. The molecule has 0 bridgehead atoms. The number of nitrogens with two attached hydrogens (primary N) is 1. The molecule has 1 aliphatic rings. The molecule has 0 radical (unpaired) electrons. The highest BCUT2D eigenvalue weighted by molar-refractivity contribution is 5.65. The molecule has 1 aliphatic heterocycles. The van der Waals surface area contributed by atoms with Crippen molar-refractivity contribution in [2.45, 2.75) is 31.8 Å². The fourth-order valence-corrected chi connectivity index (χ4v) is 3.13. The van der Waals surface area contributed by atoms with Crippen molar-refractivity contribution in [1.82, 2.24) is 4.90 Å². The maximum atomic E-state index is 10.9. The van der Waals surface area contributed by atoms with E-state index in [2.05, 4.69) is 18.2 Å². The number of piperidine rings is 1. The van der Waals surface area contributed by atoms with Gasteiger partial charge in [0.2, 0.25) is 0 Å². The summed E-state index contributed by atoms with van der Waals surface area (Å²) >= 11 is 0. The third-order valence-electron chi connectivity index (χ3n) is 4.59. The molecule has 132 valence electrons. The Bertz CT molecular complexity index is 707. The minimum Gasteiger partial charge on any atom is -0.490 e. The first-order valence-corrected chi connectivity index (χ1v) is 8.68. The number of nitrogen functional groups attached to an aromatic ring is 1. The number of carbonyl (C=O) groups is 1. The van der Waals surface area contributed by atoms with Crippen LogP contribution in [-0.4, -0.2) is 35.3 Å². The van der Waals surface area contributed by atoms with E-state index in [0.717, 1.165) is 37.1 Å². The summed E-state index contributed by atoms with van der Waals surface area (Å²) in [5.41, 5.74) is 9.11. The summed E-state index contributed by atoms with van der Waals surface area (Å²) in [6.45, 7) is 1.08. The van der Waals surface area contributed by atoms with Crippen molar-refractivity contribution >= 4 is 11.8 Å². The lowest BCUT2D eigenvalue weighted by Gasteiger charge is -2.30. The number of carboxylic acid groups (broad SMARTS) is 1. The molecule has 0 aliphatic carbocycles. The molecule has 1 fully saturated rings. The van der Waals surface area contributed by atoms with Crippen molar-refractivity contribution in [3.63, 3.8) is 0 Å². The molecule has 2 aromatic rings. The van der Waals surface area contributed by atoms with Gasteiger partial charge in [-0.1, -0.05) is 24.3 Å². The third-order valence-corrected chi connectivity index (χ3v) is 4.59. The van der Waals surface area contributed by atoms with E-state index in [0.29, 0.717) is 13.1 Å². The van der Waals surface area contributed by atoms with Crippen molar-refractivity contribution < 1.29 is 14.6 Å². The summed E-state index contributed by atoms with van der Waals surface area (Å²) in [6, 6.07) is 16.2. The van der Waals surface area contributed by atoms with E-state index < -0.39 is 6.09 Å². The maximum absolute atomic E-state index is 10.9. The van der Waals surface area contributed by atoms with Crippen LogP contribution >= 0.6 is 0 Å². The van der Waals surface area contributed by atoms with E-state index in [9.17, 15) is 4.79 Å². The minimum absolute atomic E-state index is 0.0914. The highest BCUT2D eigenvalue weighted by atomic mass is 16.5. The van der Waals surface area contributed by atoms with Gasteiger partial charge in [-0.25, -0.2) is 4.79 Å². The minimum atomic E-state index is -0.844. The summed E-state index contributed by atoms with van der Waals surface area (Å²) in [5.74, 6) is 0.849. The van der Waals surface area contributed by atoms with Crippen LogP contribution in [0.3, 0.4) is 0 Å². The van der Waals surface area contributed by atoms with Crippen molar-refractivity contribution in [3.8, 4) is 5.75 Å². The summed E-state index contributed by atoms with van der Waals surface area (Å²) in [7, 11) is 0. The van der Waals surface area contributed by atoms with Crippen LogP contribution in [0, 0.1) is 0 Å². The smallest absolute Gasteiger partial charge is 0.407 e. The number of amides is 1. The fourth-order valence-electron chi connectivity index (χ4n) is 3.13. The summed E-state index contributed by atoms with van der Waals surface area (Å²) in [5, 5.41) is 8.97. The number of benzene rings is 2. The Balaban J connectivity index is 1.48. The second-order valence-electron chi connectivity index (χ2n) is 6.48. The van der Waals surface area contributed by atoms with Gasteiger partial charge in [-0.05, 0) is 48.2 Å². The molecule has 2 aromatic carbocycles. The zero-order chi connectivity index (χ0) is 17.6. The average Bonchev–Trinajstić information content (AvgIpc) is 2.62. The van der Waals surface area contributed by atoms with Crippen LogP contribution in [0.1, 0.15) is 24.0 Å². The van der Waals surface area contributed by atoms with Crippen LogP contribution in [0.15, 0.2) is 48.5 Å². The van der Waals surface area contributed by atoms with Gasteiger partial charge in [0.15, 0.2) is 0 Å². The molecule has 5 nitrogen and oxygen atoms in total. The quantitative estimate of drug-likeness (QED) is 0.816. The van der Waals surface area contributed by atoms with Crippen molar-refractivity contribution in [2.24, 2.45) is 0 Å². The zero-order valence-electron chi connectivity index (χ0n) is 14.2. The molecular formula is C20H24N2O3. The van der Waals surface area contributed by atoms with E-state index >= 15 is 0 Å². The highest BCUT2D eigenvalue weighted by Gasteiger charge is 2.23. The molecule has 0 aromatic heterocycles. The standard InChI is InChI=1S/C20H24N2O3/c21-17-3-1-2-16(14-17)5-4-15-6-8-18(9-7-15)25-19-10-12-22(13-11-19)20(23)24/h1-3,6-9,14,19H,4-5,10-13,21H2,(H,23,24). The lowest BCUT2D eigenvalue weighted by atomic mass is 10.0. The molecule has 3 N–H and O–H groups in total. The molecule has 1 amide bonds. The molecule has 1 saturated heterocycles. The van der Waals surface area contributed by atoms with Gasteiger partial charge in [-0.2, -0.15) is 0 Å². The van der Waals surface area contributed by atoms with Crippen LogP contribution in [0.2, 0.25) is 0 Å². The Kier molecular flexibility index (Phi) is 5.43. The van der Waals surface area contributed by atoms with E-state index in [1.54, 1.807) is 0 Å². The lowest BCUT2D eigenvalue weighted by molar-refractivity contribution is 0.0894. The van der Waals surface area contributed by atoms with Gasteiger partial charge in [-0.3, -0.25) is 0 Å². The van der Waals surface area contributed by atoms with Crippen molar-refractivity contribution in [2.75, 3.05) is 18.8 Å². The van der Waals surface area contributed by atoms with Gasteiger partial charge in [0.25, 0.3) is 0 Å². The van der Waals surface area contributed by atoms with Gasteiger partial charge < -0.3 is 20.5 Å². The van der Waals surface area contributed by atoms with Gasteiger partial charge in [0.1, 0.15) is 11.9 Å². The lowest BCUT2D eigenvalue weighted by Crippen LogP contribution is -2.41. The highest BCUT2D eigenvalue weighted by Crippen LogP contribution is 2.20. The second kappa shape index (κ2) is 7.92. The Morgan fingerprint density at radius 2 is 1.76 bits per heavy atom. The topological polar surface area (TPSA) is 75.8 Å². The average molecular weight is 340 g/mol. The van der Waals surface area contributed by atoms with Crippen molar-refractivity contribution in [1.29, 1.82) is 0 Å². The number of likely N-dealkylation sites (tertiary alicyclic amines) is 1. The Morgan fingerprint density at radius 3 is 2.40 bits per heavy atom. The van der Waals surface area contributed by atoms with E-state index in [4.69, 9.17) is 15.6 Å². The number of rotatable bonds is 5. The molecular weight excluding hydrogens is 316 g/mol. The van der Waals surface area contributed by atoms with Gasteiger partial charge in [0.05, 0.1) is 0 Å². The first-order valence-electron chi connectivity index (χ1n) is 8.68. The number of ether oxygens (including phenoxy) is 1. The van der Waals surface area contributed by atoms with Crippen LogP contribution in [-0.2, 0) is 12.8 Å². The zero-order valence-corrected chi connectivity index (χ0v) is 14.2. The largest absolute Gasteiger partial charge is 0.490 e. The monoisotopic (exact) mass is 340 g/mol. The van der Waals surface area contributed by atoms with Gasteiger partial charge in [0, 0.05) is 31.6 Å². The van der Waals surface area contributed by atoms with E-state index in [1.807, 2.05) is 30.3 Å². The predicted octanol–water partition coefficient (Wildman–Crippen LogP) is 3.58. The molecule has 1 heterocycles. The molecule has 0 saturated carbocycles. The van der Waals surface area contributed by atoms with Gasteiger partial charge in [-0.15, -0.1) is 0 Å². The molecule has 0 spiro atoms. The maximum Gasteiger partial charge on any atom is 0.407 e. The molecule has 0 atom stereocenters. The number of hydrogen-bond acceptors (Lipinski definition) is 3. The SMILES string of the molecule is Nc1cccc(CCc2ccc(OC3CCN(C(=O)O)CC3)cc2)c1. The predicted molar refractivity (Wildman–Crippen MR) is 98.0 cm³/mol. The van der Waals surface area contributed by atoms with Crippen molar-refractivity contribution in [3.05, 3.63) is 59.7 Å². The number of anilines is 1. The van der Waals surface area contributed by atoms with E-state index in [1.165, 1.54) is 16.0 Å². The summed E-state index contributed by atoms with van der Waals surface area (Å²) in [6.07, 6.45) is 2.64. The molecule has 25 heavy (non-hydrogen) atoms. The van der Waals surface area contributed by atoms with E-state index in [-0.39, 0.29) is 6.10 Å². The first-order chi connectivity index (χ1) is 12.1. The van der Waals surface area contributed by atoms with Gasteiger partial charge >= 0.3 is 6.09 Å². The molecule has 0 unspecified atom stereocenters. The Hall–Kier alpha value is -2.69. The Morgan fingerprint density at radius 1 is 1.08 bits per heavy atom. The van der Waals surface area contributed by atoms with Crippen LogP contribution in [0.5, 0.6) is 5.75 Å². The Labute approximate surface area is 148 Å². The number of aryl methyl sites for hydroxylation is 2. The normalized spacial score (nSPS) is 15.1. The van der Waals surface area contributed by atoms with Crippen LogP contribution < -0.4 is 10.5 Å². The van der Waals surface area contributed by atoms with Crippen LogP contribution in [0.25, 0.3) is 0 Å². The summed E-state index contributed by atoms with van der Waals surface area (Å²) in [4.78, 5) is 12.4. The molecule has 5 heteroatoms. The van der Waals surface area contributed by atoms with Crippen LogP contribution in [0.4, 0.5) is 10.5 Å². The summed E-state index contributed by atoms with van der Waals surface area (Å²) < 4.78 is 5.98.